The van der Waals surface area contributed by atoms with E-state index in [4.69, 9.17) is 44.8 Å². The van der Waals surface area contributed by atoms with Gasteiger partial charge in [0.1, 0.15) is 12.4 Å². The summed E-state index contributed by atoms with van der Waals surface area (Å²) in [5, 5.41) is 0.513. The lowest BCUT2D eigenvalue weighted by molar-refractivity contribution is -0.139. The zero-order valence-corrected chi connectivity index (χ0v) is 23.3. The predicted molar refractivity (Wildman–Crippen MR) is 146 cm³/mol. The van der Waals surface area contributed by atoms with Gasteiger partial charge in [0.25, 0.3) is 0 Å². The summed E-state index contributed by atoms with van der Waals surface area (Å²) in [6.07, 6.45) is 3.53. The quantitative estimate of drug-likeness (QED) is 0.0866. The van der Waals surface area contributed by atoms with E-state index in [1.165, 1.54) is 0 Å². The van der Waals surface area contributed by atoms with Gasteiger partial charge in [-0.2, -0.15) is 0 Å². The van der Waals surface area contributed by atoms with Crippen molar-refractivity contribution in [3.05, 3.63) is 65.2 Å². The molecule has 0 radical (unpaired) electrons. The number of ether oxygens (including phenoxy) is 7. The first-order valence-corrected chi connectivity index (χ1v) is 13.1. The molecular formula is C29H39ClO8. The number of hydrogen-bond acceptors (Lipinski definition) is 8. The monoisotopic (exact) mass is 550 g/mol. The van der Waals surface area contributed by atoms with Crippen LogP contribution in [-0.4, -0.2) is 59.5 Å². The molecule has 0 spiro atoms. The van der Waals surface area contributed by atoms with E-state index in [2.05, 4.69) is 13.5 Å². The molecule has 38 heavy (non-hydrogen) atoms. The van der Waals surface area contributed by atoms with Crippen LogP contribution in [0.25, 0.3) is 0 Å². The molecule has 0 aliphatic heterocycles. The Morgan fingerprint density at radius 1 is 0.947 bits per heavy atom. The van der Waals surface area contributed by atoms with Crippen molar-refractivity contribution in [2.75, 3.05) is 53.5 Å². The molecule has 1 atom stereocenters. The third kappa shape index (κ3) is 11.7. The van der Waals surface area contributed by atoms with Crippen molar-refractivity contribution in [2.24, 2.45) is 0 Å². The van der Waals surface area contributed by atoms with Crippen molar-refractivity contribution in [1.29, 1.82) is 0 Å². The van der Waals surface area contributed by atoms with E-state index in [1.807, 2.05) is 43.3 Å². The van der Waals surface area contributed by atoms with Crippen LogP contribution < -0.4 is 14.2 Å². The molecule has 0 bridgehead atoms. The van der Waals surface area contributed by atoms with E-state index in [-0.39, 0.29) is 26.1 Å². The van der Waals surface area contributed by atoms with Gasteiger partial charge in [-0.25, -0.2) is 4.79 Å². The van der Waals surface area contributed by atoms with E-state index in [0.29, 0.717) is 55.1 Å². The van der Waals surface area contributed by atoms with Crippen molar-refractivity contribution >= 4 is 17.6 Å². The van der Waals surface area contributed by atoms with Gasteiger partial charge in [0.15, 0.2) is 18.3 Å². The number of hydrogen-bond donors (Lipinski definition) is 0. The molecule has 0 fully saturated rings. The van der Waals surface area contributed by atoms with Crippen molar-refractivity contribution in [3.8, 4) is 17.2 Å². The molecule has 1 unspecified atom stereocenters. The zero-order valence-electron chi connectivity index (χ0n) is 22.5. The Bertz CT molecular complexity index is 981. The van der Waals surface area contributed by atoms with Crippen molar-refractivity contribution in [3.63, 3.8) is 0 Å². The molecule has 0 heterocycles. The standard InChI is InChI=1S/C29H39ClO8/c1-5-7-13-35-28-20-24(22(3)34-17-18-37-29(31)6-2)9-11-27(28)36-14-12-23-8-10-26(25(30)19-23)38-21-33-16-15-32-4/h6,8-11,19-20,22H,2,5,7,12-18,21H2,1,3-4H3. The highest BCUT2D eigenvalue weighted by Gasteiger charge is 2.13. The minimum absolute atomic E-state index is 0.106. The fourth-order valence-electron chi connectivity index (χ4n) is 3.26. The van der Waals surface area contributed by atoms with Gasteiger partial charge in [-0.05, 0) is 48.7 Å². The first-order chi connectivity index (χ1) is 18.5. The summed E-state index contributed by atoms with van der Waals surface area (Å²) >= 11 is 6.37. The summed E-state index contributed by atoms with van der Waals surface area (Å²) in [7, 11) is 1.62. The van der Waals surface area contributed by atoms with Crippen LogP contribution in [0.1, 0.15) is 43.9 Å². The van der Waals surface area contributed by atoms with Crippen molar-refractivity contribution in [2.45, 2.75) is 39.2 Å². The number of halogens is 1. The topological polar surface area (TPSA) is 81.7 Å². The van der Waals surface area contributed by atoms with Gasteiger partial charge in [-0.3, -0.25) is 0 Å². The van der Waals surface area contributed by atoms with Crippen LogP contribution in [0, 0.1) is 0 Å². The molecule has 0 aliphatic carbocycles. The number of carbonyl (C=O) groups excluding carboxylic acids is 1. The molecule has 0 N–H and O–H groups in total. The maximum absolute atomic E-state index is 11.2. The van der Waals surface area contributed by atoms with Gasteiger partial charge < -0.3 is 33.2 Å². The zero-order chi connectivity index (χ0) is 27.6. The largest absolute Gasteiger partial charge is 0.490 e. The van der Waals surface area contributed by atoms with E-state index in [1.54, 1.807) is 7.11 Å². The number of rotatable bonds is 20. The molecule has 2 rings (SSSR count). The molecule has 0 saturated carbocycles. The second-order valence-electron chi connectivity index (χ2n) is 8.32. The summed E-state index contributed by atoms with van der Waals surface area (Å²) < 4.78 is 38.7. The SMILES string of the molecule is C=CC(=O)OCCOC(C)c1ccc(OCCc2ccc(OCOCCOC)c(Cl)c2)c(OCCCC)c1. The van der Waals surface area contributed by atoms with Crippen LogP contribution >= 0.6 is 11.6 Å². The summed E-state index contributed by atoms with van der Waals surface area (Å²) in [5.41, 5.74) is 1.96. The summed E-state index contributed by atoms with van der Waals surface area (Å²) in [6, 6.07) is 11.4. The Morgan fingerprint density at radius 3 is 2.47 bits per heavy atom. The van der Waals surface area contributed by atoms with Crippen LogP contribution in [0.5, 0.6) is 17.2 Å². The fraction of sp³-hybridized carbons (Fsp3) is 0.483. The summed E-state index contributed by atoms with van der Waals surface area (Å²) in [5.74, 6) is 1.42. The molecule has 210 valence electrons. The maximum Gasteiger partial charge on any atom is 0.330 e. The minimum Gasteiger partial charge on any atom is -0.490 e. The molecule has 0 aromatic heterocycles. The van der Waals surface area contributed by atoms with Gasteiger partial charge >= 0.3 is 5.97 Å². The van der Waals surface area contributed by atoms with Crippen molar-refractivity contribution < 1.29 is 38.0 Å². The molecule has 2 aromatic rings. The maximum atomic E-state index is 11.2. The van der Waals surface area contributed by atoms with Crippen LogP contribution in [0.4, 0.5) is 0 Å². The lowest BCUT2D eigenvalue weighted by Gasteiger charge is -2.18. The van der Waals surface area contributed by atoms with Gasteiger partial charge in [-0.15, -0.1) is 0 Å². The summed E-state index contributed by atoms with van der Waals surface area (Å²) in [6.45, 7) is 9.96. The lowest BCUT2D eigenvalue weighted by atomic mass is 10.1. The molecule has 0 aliphatic rings. The molecule has 0 amide bonds. The van der Waals surface area contributed by atoms with E-state index in [0.717, 1.165) is 30.0 Å². The van der Waals surface area contributed by atoms with Crippen molar-refractivity contribution in [1.82, 2.24) is 0 Å². The normalized spacial score (nSPS) is 11.6. The summed E-state index contributed by atoms with van der Waals surface area (Å²) in [4.78, 5) is 11.2. The van der Waals surface area contributed by atoms with Crippen LogP contribution in [0.3, 0.4) is 0 Å². The molecule has 2 aromatic carbocycles. The fourth-order valence-corrected chi connectivity index (χ4v) is 3.52. The lowest BCUT2D eigenvalue weighted by Crippen LogP contribution is -2.11. The first kappa shape index (κ1) is 31.4. The van der Waals surface area contributed by atoms with Gasteiger partial charge in [0.05, 0.1) is 44.2 Å². The second kappa shape index (κ2) is 18.5. The minimum atomic E-state index is -0.468. The van der Waals surface area contributed by atoms with Gasteiger partial charge in [0.2, 0.25) is 0 Å². The molecular weight excluding hydrogens is 512 g/mol. The Kier molecular flexibility index (Phi) is 15.3. The van der Waals surface area contributed by atoms with Crippen LogP contribution in [0.2, 0.25) is 5.02 Å². The Labute approximate surface area is 230 Å². The molecule has 9 heteroatoms. The Hall–Kier alpha value is -2.78. The number of carbonyl (C=O) groups is 1. The first-order valence-electron chi connectivity index (χ1n) is 12.8. The molecule has 8 nitrogen and oxygen atoms in total. The van der Waals surface area contributed by atoms with E-state index >= 15 is 0 Å². The second-order valence-corrected chi connectivity index (χ2v) is 8.73. The van der Waals surface area contributed by atoms with Gasteiger partial charge in [-0.1, -0.05) is 43.7 Å². The number of esters is 1. The average Bonchev–Trinajstić information content (AvgIpc) is 2.92. The Morgan fingerprint density at radius 2 is 1.74 bits per heavy atom. The van der Waals surface area contributed by atoms with Gasteiger partial charge in [0, 0.05) is 19.6 Å². The third-order valence-electron chi connectivity index (χ3n) is 5.43. The van der Waals surface area contributed by atoms with Crippen LogP contribution in [-0.2, 0) is 30.2 Å². The van der Waals surface area contributed by atoms with E-state index in [9.17, 15) is 4.79 Å². The number of unbranched alkanes of at least 4 members (excludes halogenated alkanes) is 1. The number of benzene rings is 2. The third-order valence-corrected chi connectivity index (χ3v) is 5.72. The average molecular weight is 551 g/mol. The predicted octanol–water partition coefficient (Wildman–Crippen LogP) is 5.95. The Balaban J connectivity index is 1.92. The highest BCUT2D eigenvalue weighted by molar-refractivity contribution is 6.32. The smallest absolute Gasteiger partial charge is 0.330 e. The van der Waals surface area contributed by atoms with E-state index < -0.39 is 5.97 Å². The number of methoxy groups -OCH3 is 1. The molecule has 0 saturated heterocycles. The highest BCUT2D eigenvalue weighted by Crippen LogP contribution is 2.32. The van der Waals surface area contributed by atoms with Crippen LogP contribution in [0.15, 0.2) is 49.1 Å². The highest BCUT2D eigenvalue weighted by atomic mass is 35.5.